The van der Waals surface area contributed by atoms with Crippen LogP contribution in [0.1, 0.15) is 6.42 Å². The second kappa shape index (κ2) is 7.00. The summed E-state index contributed by atoms with van der Waals surface area (Å²) >= 11 is 5.69. The van der Waals surface area contributed by atoms with E-state index in [9.17, 15) is 17.2 Å². The number of sulfonamides is 1. The molecule has 0 saturated carbocycles. The van der Waals surface area contributed by atoms with Crippen molar-refractivity contribution >= 4 is 21.6 Å². The summed E-state index contributed by atoms with van der Waals surface area (Å²) in [5, 5.41) is 0. The quantitative estimate of drug-likeness (QED) is 0.787. The third-order valence-corrected chi connectivity index (χ3v) is 5.54. The summed E-state index contributed by atoms with van der Waals surface area (Å²) in [7, 11) is -3.80. The first-order valence-corrected chi connectivity index (χ1v) is 8.66. The maximum absolute atomic E-state index is 13.2. The lowest BCUT2D eigenvalue weighted by Crippen LogP contribution is -2.35. The molecule has 0 spiro atoms. The molecule has 0 aromatic heterocycles. The largest absolute Gasteiger partial charge is 0.301 e. The monoisotopic (exact) mass is 338 g/mol. The van der Waals surface area contributed by atoms with Gasteiger partial charge in [-0.05, 0) is 31.2 Å². The normalized spacial score (nSPS) is 18.6. The maximum atomic E-state index is 13.2. The molecule has 118 valence electrons. The van der Waals surface area contributed by atoms with Gasteiger partial charge in [0.1, 0.15) is 0 Å². The van der Waals surface area contributed by atoms with Crippen LogP contribution in [0.15, 0.2) is 23.1 Å². The number of hydrogen-bond acceptors (Lipinski definition) is 3. The minimum atomic E-state index is -3.80. The summed E-state index contributed by atoms with van der Waals surface area (Å²) in [6.45, 7) is 2.74. The highest BCUT2D eigenvalue weighted by Crippen LogP contribution is 2.20. The van der Waals surface area contributed by atoms with E-state index in [4.69, 9.17) is 11.6 Å². The topological polar surface area (TPSA) is 40.6 Å². The zero-order chi connectivity index (χ0) is 15.5. The van der Waals surface area contributed by atoms with Gasteiger partial charge in [-0.1, -0.05) is 0 Å². The molecule has 1 aromatic rings. The van der Waals surface area contributed by atoms with Crippen LogP contribution >= 0.6 is 11.6 Å². The predicted molar refractivity (Wildman–Crippen MR) is 76.9 cm³/mol. The molecule has 0 amide bonds. The maximum Gasteiger partial charge on any atom is 0.243 e. The SMILES string of the molecule is O=S(=O)(c1ccc(F)c(F)c1)N1CCCN(CCCl)CC1. The summed E-state index contributed by atoms with van der Waals surface area (Å²) in [6.07, 6.45) is 0.680. The molecule has 8 heteroatoms. The van der Waals surface area contributed by atoms with Gasteiger partial charge in [-0.25, -0.2) is 17.2 Å². The van der Waals surface area contributed by atoms with Crippen molar-refractivity contribution < 1.29 is 17.2 Å². The third-order valence-electron chi connectivity index (χ3n) is 3.48. The average molecular weight is 339 g/mol. The fourth-order valence-electron chi connectivity index (χ4n) is 2.32. The Balaban J connectivity index is 2.17. The molecule has 0 atom stereocenters. The van der Waals surface area contributed by atoms with Crippen molar-refractivity contribution in [1.82, 2.24) is 9.21 Å². The number of rotatable bonds is 4. The first-order chi connectivity index (χ1) is 9.95. The minimum absolute atomic E-state index is 0.216. The van der Waals surface area contributed by atoms with E-state index in [0.717, 1.165) is 24.7 Å². The second-order valence-corrected chi connectivity index (χ2v) is 7.18. The van der Waals surface area contributed by atoms with E-state index in [2.05, 4.69) is 4.90 Å². The van der Waals surface area contributed by atoms with Crippen molar-refractivity contribution in [2.75, 3.05) is 38.6 Å². The van der Waals surface area contributed by atoms with Crippen LogP contribution in [0.25, 0.3) is 0 Å². The molecule has 4 nitrogen and oxygen atoms in total. The molecule has 0 aliphatic carbocycles. The molecule has 0 bridgehead atoms. The Morgan fingerprint density at radius 2 is 1.86 bits per heavy atom. The molecule has 21 heavy (non-hydrogen) atoms. The van der Waals surface area contributed by atoms with Gasteiger partial charge in [0.25, 0.3) is 0 Å². The number of benzene rings is 1. The fraction of sp³-hybridized carbons (Fsp3) is 0.538. The van der Waals surface area contributed by atoms with E-state index in [0.29, 0.717) is 38.5 Å². The molecule has 0 N–H and O–H groups in total. The summed E-state index contributed by atoms with van der Waals surface area (Å²) < 4.78 is 52.4. The molecule has 1 heterocycles. The van der Waals surface area contributed by atoms with E-state index < -0.39 is 21.7 Å². The van der Waals surface area contributed by atoms with E-state index in [1.54, 1.807) is 0 Å². The molecular weight excluding hydrogens is 322 g/mol. The zero-order valence-corrected chi connectivity index (χ0v) is 13.0. The molecule has 1 aliphatic heterocycles. The van der Waals surface area contributed by atoms with Crippen LogP contribution in [0.5, 0.6) is 0 Å². The van der Waals surface area contributed by atoms with Gasteiger partial charge in [0, 0.05) is 32.1 Å². The standard InChI is InChI=1S/C13H17ClF2N2O2S/c14-4-7-17-5-1-6-18(9-8-17)21(19,20)11-2-3-12(15)13(16)10-11/h2-3,10H,1,4-9H2. The fourth-order valence-corrected chi connectivity index (χ4v) is 4.04. The summed E-state index contributed by atoms with van der Waals surface area (Å²) in [5.74, 6) is -1.72. The third kappa shape index (κ3) is 3.91. The van der Waals surface area contributed by atoms with Gasteiger partial charge >= 0.3 is 0 Å². The molecule has 1 fully saturated rings. The van der Waals surface area contributed by atoms with Gasteiger partial charge in [0.15, 0.2) is 11.6 Å². The molecule has 1 aliphatic rings. The lowest BCUT2D eigenvalue weighted by atomic mass is 10.3. The van der Waals surface area contributed by atoms with Crippen molar-refractivity contribution in [3.8, 4) is 0 Å². The van der Waals surface area contributed by atoms with Crippen molar-refractivity contribution in [2.24, 2.45) is 0 Å². The Morgan fingerprint density at radius 1 is 1.10 bits per heavy atom. The molecule has 2 rings (SSSR count). The van der Waals surface area contributed by atoms with Crippen LogP contribution in [-0.2, 0) is 10.0 Å². The van der Waals surface area contributed by atoms with Gasteiger partial charge in [0.05, 0.1) is 4.90 Å². The molecule has 1 aromatic carbocycles. The molecular formula is C13H17ClF2N2O2S. The molecule has 1 saturated heterocycles. The van der Waals surface area contributed by atoms with Gasteiger partial charge < -0.3 is 4.90 Å². The molecule has 0 radical (unpaired) electrons. The van der Waals surface area contributed by atoms with Crippen LogP contribution in [0.3, 0.4) is 0 Å². The first-order valence-electron chi connectivity index (χ1n) is 6.68. The summed E-state index contributed by atoms with van der Waals surface area (Å²) in [4.78, 5) is 1.88. The van der Waals surface area contributed by atoms with Crippen LogP contribution < -0.4 is 0 Å². The Morgan fingerprint density at radius 3 is 2.52 bits per heavy atom. The Labute approximate surface area is 128 Å². The van der Waals surface area contributed by atoms with E-state index >= 15 is 0 Å². The van der Waals surface area contributed by atoms with Crippen LogP contribution in [0.4, 0.5) is 8.78 Å². The predicted octanol–water partition coefficient (Wildman–Crippen LogP) is 1.90. The van der Waals surface area contributed by atoms with Gasteiger partial charge in [-0.2, -0.15) is 4.31 Å². The lowest BCUT2D eigenvalue weighted by molar-refractivity contribution is 0.303. The summed E-state index contributed by atoms with van der Waals surface area (Å²) in [6, 6.07) is 2.65. The number of nitrogens with zero attached hydrogens (tertiary/aromatic N) is 2. The second-order valence-electron chi connectivity index (χ2n) is 4.86. The van der Waals surface area contributed by atoms with Crippen molar-refractivity contribution in [2.45, 2.75) is 11.3 Å². The van der Waals surface area contributed by atoms with E-state index in [-0.39, 0.29) is 4.90 Å². The van der Waals surface area contributed by atoms with Crippen molar-refractivity contribution in [1.29, 1.82) is 0 Å². The van der Waals surface area contributed by atoms with E-state index in [1.165, 1.54) is 4.31 Å². The number of halogens is 3. The van der Waals surface area contributed by atoms with Crippen LogP contribution in [-0.4, -0.2) is 56.2 Å². The highest BCUT2D eigenvalue weighted by atomic mass is 35.5. The van der Waals surface area contributed by atoms with Gasteiger partial charge in [-0.3, -0.25) is 0 Å². The molecule has 0 unspecified atom stereocenters. The van der Waals surface area contributed by atoms with Gasteiger partial charge in [-0.15, -0.1) is 11.6 Å². The zero-order valence-electron chi connectivity index (χ0n) is 11.4. The van der Waals surface area contributed by atoms with Crippen LogP contribution in [0, 0.1) is 11.6 Å². The number of alkyl halides is 1. The number of hydrogen-bond donors (Lipinski definition) is 0. The highest BCUT2D eigenvalue weighted by Gasteiger charge is 2.27. The van der Waals surface area contributed by atoms with Gasteiger partial charge in [0.2, 0.25) is 10.0 Å². The van der Waals surface area contributed by atoms with E-state index in [1.807, 2.05) is 0 Å². The minimum Gasteiger partial charge on any atom is -0.301 e. The van der Waals surface area contributed by atoms with Crippen molar-refractivity contribution in [3.63, 3.8) is 0 Å². The van der Waals surface area contributed by atoms with Crippen LogP contribution in [0.2, 0.25) is 0 Å². The first kappa shape index (κ1) is 16.6. The Hall–Kier alpha value is -0.760. The lowest BCUT2D eigenvalue weighted by Gasteiger charge is -2.21. The smallest absolute Gasteiger partial charge is 0.243 e. The average Bonchev–Trinajstić information content (AvgIpc) is 2.68. The summed E-state index contributed by atoms with van der Waals surface area (Å²) in [5.41, 5.74) is 0. The highest BCUT2D eigenvalue weighted by molar-refractivity contribution is 7.89. The Bertz CT molecular complexity index is 598. The Kier molecular flexibility index (Phi) is 5.54. The van der Waals surface area contributed by atoms with Crippen molar-refractivity contribution in [3.05, 3.63) is 29.8 Å².